The third kappa shape index (κ3) is 3.83. The van der Waals surface area contributed by atoms with E-state index in [-0.39, 0.29) is 6.04 Å². The maximum atomic E-state index is 9.49. The number of aromatic hydroxyl groups is 1. The zero-order valence-electron chi connectivity index (χ0n) is 11.5. The fourth-order valence-corrected chi connectivity index (χ4v) is 2.16. The largest absolute Gasteiger partial charge is 0.508 e. The summed E-state index contributed by atoms with van der Waals surface area (Å²) in [4.78, 5) is 0. The third-order valence-corrected chi connectivity index (χ3v) is 3.47. The van der Waals surface area contributed by atoms with Gasteiger partial charge in [-0.3, -0.25) is 0 Å². The van der Waals surface area contributed by atoms with Crippen molar-refractivity contribution in [3.8, 4) is 5.75 Å². The minimum Gasteiger partial charge on any atom is -0.508 e. The van der Waals surface area contributed by atoms with Crippen molar-refractivity contribution in [3.05, 3.63) is 65.7 Å². The summed E-state index contributed by atoms with van der Waals surface area (Å²) in [5.74, 6) is 0.795. The highest BCUT2D eigenvalue weighted by atomic mass is 16.3. The van der Waals surface area contributed by atoms with E-state index < -0.39 is 0 Å². The van der Waals surface area contributed by atoms with E-state index in [0.29, 0.717) is 11.7 Å². The minimum atomic E-state index is 0.235. The maximum Gasteiger partial charge on any atom is 0.115 e. The van der Waals surface area contributed by atoms with Crippen molar-refractivity contribution in [2.24, 2.45) is 0 Å². The molecule has 0 radical (unpaired) electrons. The second kappa shape index (κ2) is 6.39. The third-order valence-electron chi connectivity index (χ3n) is 3.47. The highest BCUT2D eigenvalue weighted by molar-refractivity contribution is 5.29. The van der Waals surface area contributed by atoms with Crippen LogP contribution < -0.4 is 5.32 Å². The molecule has 0 aromatic heterocycles. The molecule has 0 amide bonds. The molecule has 19 heavy (non-hydrogen) atoms. The predicted molar refractivity (Wildman–Crippen MR) is 79.4 cm³/mol. The van der Waals surface area contributed by atoms with Crippen LogP contribution in [0, 0.1) is 0 Å². The van der Waals surface area contributed by atoms with Gasteiger partial charge >= 0.3 is 0 Å². The van der Waals surface area contributed by atoms with Gasteiger partial charge in [0.2, 0.25) is 0 Å². The Bertz CT molecular complexity index is 510. The number of phenolic OH excluding ortho intramolecular Hbond substituents is 1. The van der Waals surface area contributed by atoms with E-state index in [2.05, 4.69) is 43.4 Å². The van der Waals surface area contributed by atoms with Gasteiger partial charge in [-0.25, -0.2) is 0 Å². The van der Waals surface area contributed by atoms with Gasteiger partial charge in [0.15, 0.2) is 0 Å². The van der Waals surface area contributed by atoms with Crippen LogP contribution in [0.15, 0.2) is 54.6 Å². The predicted octanol–water partition coefficient (Wildman–Crippen LogP) is 3.85. The Morgan fingerprint density at radius 3 is 2.32 bits per heavy atom. The van der Waals surface area contributed by atoms with Gasteiger partial charge in [-0.15, -0.1) is 0 Å². The molecule has 2 heteroatoms. The second-order valence-corrected chi connectivity index (χ2v) is 5.04. The van der Waals surface area contributed by atoms with Crippen molar-refractivity contribution in [2.75, 3.05) is 6.54 Å². The van der Waals surface area contributed by atoms with Crippen molar-refractivity contribution in [1.29, 1.82) is 0 Å². The molecule has 0 bridgehead atoms. The van der Waals surface area contributed by atoms with E-state index in [4.69, 9.17) is 0 Å². The molecule has 0 aliphatic heterocycles. The van der Waals surface area contributed by atoms with Crippen LogP contribution >= 0.6 is 0 Å². The molecule has 0 spiro atoms. The van der Waals surface area contributed by atoms with E-state index >= 15 is 0 Å². The first kappa shape index (κ1) is 13.6. The Labute approximate surface area is 115 Å². The normalized spacial score (nSPS) is 14.0. The van der Waals surface area contributed by atoms with Crippen LogP contribution in [0.4, 0.5) is 0 Å². The number of phenols is 1. The van der Waals surface area contributed by atoms with Crippen LogP contribution in [0.25, 0.3) is 0 Å². The second-order valence-electron chi connectivity index (χ2n) is 5.04. The number of rotatable bonds is 5. The molecule has 0 heterocycles. The quantitative estimate of drug-likeness (QED) is 0.850. The zero-order valence-corrected chi connectivity index (χ0v) is 11.5. The lowest BCUT2D eigenvalue weighted by atomic mass is 10.0. The summed E-state index contributed by atoms with van der Waals surface area (Å²) in [6.07, 6.45) is 0. The number of nitrogens with one attached hydrogen (secondary N) is 1. The van der Waals surface area contributed by atoms with Gasteiger partial charge in [-0.05, 0) is 36.1 Å². The van der Waals surface area contributed by atoms with E-state index in [1.807, 2.05) is 24.3 Å². The number of hydrogen-bond donors (Lipinski definition) is 2. The Hall–Kier alpha value is -1.80. The van der Waals surface area contributed by atoms with Crippen LogP contribution in [-0.4, -0.2) is 11.7 Å². The Kier molecular flexibility index (Phi) is 4.58. The molecule has 0 fully saturated rings. The van der Waals surface area contributed by atoms with Crippen molar-refractivity contribution < 1.29 is 5.11 Å². The molecule has 0 saturated carbocycles. The van der Waals surface area contributed by atoms with Crippen LogP contribution in [0.1, 0.15) is 36.9 Å². The summed E-state index contributed by atoms with van der Waals surface area (Å²) in [6, 6.07) is 18.2. The molecule has 2 rings (SSSR count). The molecule has 2 aromatic carbocycles. The Morgan fingerprint density at radius 1 is 0.947 bits per heavy atom. The van der Waals surface area contributed by atoms with Crippen LogP contribution in [0.2, 0.25) is 0 Å². The standard InChI is InChI=1S/C17H21NO/c1-13(15-7-4-3-5-8-15)12-18-14(2)16-9-6-10-17(19)11-16/h3-11,13-14,18-19H,12H2,1-2H3. The van der Waals surface area contributed by atoms with E-state index in [1.54, 1.807) is 6.07 Å². The first-order valence-corrected chi connectivity index (χ1v) is 6.74. The van der Waals surface area contributed by atoms with Gasteiger partial charge in [0.25, 0.3) is 0 Å². The molecule has 100 valence electrons. The highest BCUT2D eigenvalue weighted by Crippen LogP contribution is 2.19. The van der Waals surface area contributed by atoms with Gasteiger partial charge in [0, 0.05) is 12.6 Å². The van der Waals surface area contributed by atoms with Crippen molar-refractivity contribution in [2.45, 2.75) is 25.8 Å². The summed E-state index contributed by atoms with van der Waals surface area (Å²) in [6.45, 7) is 5.25. The molecule has 2 unspecified atom stereocenters. The monoisotopic (exact) mass is 255 g/mol. The number of benzene rings is 2. The highest BCUT2D eigenvalue weighted by Gasteiger charge is 2.09. The van der Waals surface area contributed by atoms with E-state index in [0.717, 1.165) is 12.1 Å². The molecule has 2 N–H and O–H groups in total. The van der Waals surface area contributed by atoms with Crippen LogP contribution in [-0.2, 0) is 0 Å². The van der Waals surface area contributed by atoms with Gasteiger partial charge in [-0.2, -0.15) is 0 Å². The molecular weight excluding hydrogens is 234 g/mol. The first-order chi connectivity index (χ1) is 9.16. The van der Waals surface area contributed by atoms with Gasteiger partial charge in [0.05, 0.1) is 0 Å². The van der Waals surface area contributed by atoms with Crippen LogP contribution in [0.3, 0.4) is 0 Å². The molecule has 2 nitrogen and oxygen atoms in total. The Morgan fingerprint density at radius 2 is 1.63 bits per heavy atom. The lowest BCUT2D eigenvalue weighted by Crippen LogP contribution is -2.23. The number of hydrogen-bond acceptors (Lipinski definition) is 2. The van der Waals surface area contributed by atoms with Gasteiger partial charge in [0.1, 0.15) is 5.75 Å². The smallest absolute Gasteiger partial charge is 0.115 e. The van der Waals surface area contributed by atoms with E-state index in [1.165, 1.54) is 5.56 Å². The first-order valence-electron chi connectivity index (χ1n) is 6.74. The minimum absolute atomic E-state index is 0.235. The molecule has 2 atom stereocenters. The van der Waals surface area contributed by atoms with Crippen molar-refractivity contribution in [1.82, 2.24) is 5.32 Å². The average Bonchev–Trinajstić information content (AvgIpc) is 2.45. The summed E-state index contributed by atoms with van der Waals surface area (Å²) in [5, 5.41) is 13.0. The fourth-order valence-electron chi connectivity index (χ4n) is 2.16. The fraction of sp³-hybridized carbons (Fsp3) is 0.294. The summed E-state index contributed by atoms with van der Waals surface area (Å²) >= 11 is 0. The summed E-state index contributed by atoms with van der Waals surface area (Å²) < 4.78 is 0. The lowest BCUT2D eigenvalue weighted by molar-refractivity contribution is 0.471. The molecule has 2 aromatic rings. The molecule has 0 aliphatic rings. The van der Waals surface area contributed by atoms with Gasteiger partial charge in [-0.1, -0.05) is 49.4 Å². The maximum absolute atomic E-state index is 9.49. The zero-order chi connectivity index (χ0) is 13.7. The van der Waals surface area contributed by atoms with Crippen LogP contribution in [0.5, 0.6) is 5.75 Å². The summed E-state index contributed by atoms with van der Waals surface area (Å²) in [7, 11) is 0. The van der Waals surface area contributed by atoms with E-state index in [9.17, 15) is 5.11 Å². The average molecular weight is 255 g/mol. The molecular formula is C17H21NO. The topological polar surface area (TPSA) is 32.3 Å². The van der Waals surface area contributed by atoms with Crippen molar-refractivity contribution in [3.63, 3.8) is 0 Å². The molecule has 0 saturated heterocycles. The SMILES string of the molecule is CC(CNC(C)c1cccc(O)c1)c1ccccc1. The molecule has 0 aliphatic carbocycles. The Balaban J connectivity index is 1.92. The summed E-state index contributed by atoms with van der Waals surface area (Å²) in [5.41, 5.74) is 2.46. The lowest BCUT2D eigenvalue weighted by Gasteiger charge is -2.18. The van der Waals surface area contributed by atoms with Crippen molar-refractivity contribution >= 4 is 0 Å². The van der Waals surface area contributed by atoms with Gasteiger partial charge < -0.3 is 10.4 Å².